The molecular formula is C19H18F2N2O2. The van der Waals surface area contributed by atoms with E-state index in [4.69, 9.17) is 0 Å². The van der Waals surface area contributed by atoms with E-state index in [1.165, 1.54) is 24.4 Å². The van der Waals surface area contributed by atoms with Crippen LogP contribution in [0.15, 0.2) is 42.6 Å². The van der Waals surface area contributed by atoms with E-state index in [-0.39, 0.29) is 36.4 Å². The Morgan fingerprint density at radius 1 is 1.16 bits per heavy atom. The number of pyridine rings is 1. The second-order valence-corrected chi connectivity index (χ2v) is 6.89. The minimum Gasteiger partial charge on any atom is -0.385 e. The predicted octanol–water partition coefficient (Wildman–Crippen LogP) is 3.01. The van der Waals surface area contributed by atoms with E-state index < -0.39 is 17.4 Å². The maximum atomic E-state index is 14.1. The van der Waals surface area contributed by atoms with Gasteiger partial charge in [0.1, 0.15) is 5.82 Å². The van der Waals surface area contributed by atoms with E-state index in [0.717, 1.165) is 12.8 Å². The van der Waals surface area contributed by atoms with Crippen molar-refractivity contribution in [3.8, 4) is 0 Å². The van der Waals surface area contributed by atoms with Crippen molar-refractivity contribution in [2.45, 2.75) is 43.4 Å². The fourth-order valence-corrected chi connectivity index (χ4v) is 4.28. The highest BCUT2D eigenvalue weighted by atomic mass is 19.1. The van der Waals surface area contributed by atoms with Crippen LogP contribution in [0.1, 0.15) is 41.6 Å². The molecule has 1 aromatic heterocycles. The Morgan fingerprint density at radius 2 is 1.88 bits per heavy atom. The van der Waals surface area contributed by atoms with Gasteiger partial charge in [-0.1, -0.05) is 12.1 Å². The first-order chi connectivity index (χ1) is 12.0. The largest absolute Gasteiger partial charge is 0.385 e. The second-order valence-electron chi connectivity index (χ2n) is 6.89. The van der Waals surface area contributed by atoms with E-state index in [9.17, 15) is 18.7 Å². The summed E-state index contributed by atoms with van der Waals surface area (Å²) in [7, 11) is 0. The molecule has 1 aromatic carbocycles. The van der Waals surface area contributed by atoms with E-state index in [0.29, 0.717) is 5.56 Å². The SMILES string of the molecule is O=C(c1cccc(F)c1)N1[C@@H]2CC[C@H]1CC(O)(c1cccnc1F)C2. The van der Waals surface area contributed by atoms with Crippen molar-refractivity contribution in [3.63, 3.8) is 0 Å². The van der Waals surface area contributed by atoms with Gasteiger partial charge in [-0.25, -0.2) is 9.37 Å². The zero-order valence-corrected chi connectivity index (χ0v) is 13.5. The van der Waals surface area contributed by atoms with Gasteiger partial charge in [-0.3, -0.25) is 4.79 Å². The molecule has 0 aliphatic carbocycles. The molecule has 3 heterocycles. The molecule has 2 aliphatic heterocycles. The molecule has 0 spiro atoms. The third-order valence-corrected chi connectivity index (χ3v) is 5.33. The highest BCUT2D eigenvalue weighted by Crippen LogP contribution is 2.46. The Balaban J connectivity index is 1.62. The number of aromatic nitrogens is 1. The number of carbonyl (C=O) groups excluding carboxylic acids is 1. The number of amides is 1. The Labute approximate surface area is 144 Å². The van der Waals surface area contributed by atoms with Crippen LogP contribution >= 0.6 is 0 Å². The predicted molar refractivity (Wildman–Crippen MR) is 86.7 cm³/mol. The molecule has 6 heteroatoms. The van der Waals surface area contributed by atoms with Gasteiger partial charge in [-0.15, -0.1) is 0 Å². The van der Waals surface area contributed by atoms with Crippen LogP contribution in [0.25, 0.3) is 0 Å². The average molecular weight is 344 g/mol. The number of fused-ring (bicyclic) bond motifs is 2. The van der Waals surface area contributed by atoms with Gasteiger partial charge in [0.15, 0.2) is 0 Å². The summed E-state index contributed by atoms with van der Waals surface area (Å²) in [4.78, 5) is 18.2. The molecule has 130 valence electrons. The zero-order chi connectivity index (χ0) is 17.6. The number of halogens is 2. The Hall–Kier alpha value is -2.34. The molecular weight excluding hydrogens is 326 g/mol. The van der Waals surface area contributed by atoms with E-state index in [1.54, 1.807) is 23.1 Å². The lowest BCUT2D eigenvalue weighted by Crippen LogP contribution is -2.52. The molecule has 2 aromatic rings. The summed E-state index contributed by atoms with van der Waals surface area (Å²) in [5.41, 5.74) is -0.845. The highest BCUT2D eigenvalue weighted by molar-refractivity contribution is 5.95. The van der Waals surface area contributed by atoms with Crippen molar-refractivity contribution in [3.05, 3.63) is 65.5 Å². The van der Waals surface area contributed by atoms with E-state index in [2.05, 4.69) is 4.98 Å². The van der Waals surface area contributed by atoms with Crippen LogP contribution < -0.4 is 0 Å². The minimum atomic E-state index is -1.33. The topological polar surface area (TPSA) is 53.4 Å². The Bertz CT molecular complexity index is 813. The molecule has 25 heavy (non-hydrogen) atoms. The van der Waals surface area contributed by atoms with Crippen molar-refractivity contribution in [2.24, 2.45) is 0 Å². The lowest BCUT2D eigenvalue weighted by atomic mass is 9.80. The van der Waals surface area contributed by atoms with Gasteiger partial charge in [0, 0.05) is 42.2 Å². The number of hydrogen-bond acceptors (Lipinski definition) is 3. The van der Waals surface area contributed by atoms with Crippen molar-refractivity contribution in [1.82, 2.24) is 9.88 Å². The summed E-state index contributed by atoms with van der Waals surface area (Å²) >= 11 is 0. The molecule has 4 nitrogen and oxygen atoms in total. The summed E-state index contributed by atoms with van der Waals surface area (Å²) in [6, 6.07) is 8.38. The number of aliphatic hydroxyl groups is 1. The van der Waals surface area contributed by atoms with Crippen LogP contribution in [0, 0.1) is 11.8 Å². The molecule has 0 saturated carbocycles. The fraction of sp³-hybridized carbons (Fsp3) is 0.368. The second kappa shape index (κ2) is 5.88. The minimum absolute atomic E-state index is 0.185. The first-order valence-electron chi connectivity index (χ1n) is 8.39. The van der Waals surface area contributed by atoms with Crippen LogP contribution in [-0.2, 0) is 5.60 Å². The lowest BCUT2D eigenvalue weighted by molar-refractivity contribution is -0.0504. The number of rotatable bonds is 2. The third kappa shape index (κ3) is 2.70. The zero-order valence-electron chi connectivity index (χ0n) is 13.5. The number of nitrogens with zero attached hydrogens (tertiary/aromatic N) is 2. The summed E-state index contributed by atoms with van der Waals surface area (Å²) in [6.45, 7) is 0. The molecule has 1 amide bonds. The molecule has 3 atom stereocenters. The molecule has 2 bridgehead atoms. The molecule has 2 aliphatic rings. The maximum absolute atomic E-state index is 14.1. The van der Waals surface area contributed by atoms with Crippen molar-refractivity contribution in [2.75, 3.05) is 0 Å². The van der Waals surface area contributed by atoms with Crippen molar-refractivity contribution >= 4 is 5.91 Å². The summed E-state index contributed by atoms with van der Waals surface area (Å²) in [5.74, 6) is -1.36. The first kappa shape index (κ1) is 16.1. The number of piperidine rings is 1. The van der Waals surface area contributed by atoms with Gasteiger partial charge in [-0.2, -0.15) is 4.39 Å². The number of hydrogen-bond donors (Lipinski definition) is 1. The van der Waals surface area contributed by atoms with Crippen LogP contribution in [0.2, 0.25) is 0 Å². The van der Waals surface area contributed by atoms with Gasteiger partial charge < -0.3 is 10.0 Å². The number of benzene rings is 1. The van der Waals surface area contributed by atoms with E-state index in [1.807, 2.05) is 0 Å². The fourth-order valence-electron chi connectivity index (χ4n) is 4.28. The quantitative estimate of drug-likeness (QED) is 0.852. The average Bonchev–Trinajstić information content (AvgIpc) is 2.87. The van der Waals surface area contributed by atoms with Gasteiger partial charge in [-0.05, 0) is 37.1 Å². The Kier molecular flexibility index (Phi) is 3.80. The smallest absolute Gasteiger partial charge is 0.254 e. The molecule has 1 N–H and O–H groups in total. The van der Waals surface area contributed by atoms with Gasteiger partial charge >= 0.3 is 0 Å². The standard InChI is InChI=1S/C19H18F2N2O2/c20-13-4-1-3-12(9-13)18(24)23-14-6-7-15(23)11-19(25,10-14)16-5-2-8-22-17(16)21/h1-5,8-9,14-15,25H,6-7,10-11H2/t14-,15+,19?. The van der Waals surface area contributed by atoms with Crippen molar-refractivity contribution < 1.29 is 18.7 Å². The van der Waals surface area contributed by atoms with Gasteiger partial charge in [0.05, 0.1) is 5.60 Å². The maximum Gasteiger partial charge on any atom is 0.254 e. The normalized spacial score (nSPS) is 28.2. The monoisotopic (exact) mass is 344 g/mol. The highest BCUT2D eigenvalue weighted by Gasteiger charge is 2.51. The third-order valence-electron chi connectivity index (χ3n) is 5.33. The van der Waals surface area contributed by atoms with Crippen molar-refractivity contribution in [1.29, 1.82) is 0 Å². The van der Waals surface area contributed by atoms with E-state index >= 15 is 0 Å². The van der Waals surface area contributed by atoms with Crippen LogP contribution in [0.4, 0.5) is 8.78 Å². The van der Waals surface area contributed by atoms with Crippen LogP contribution in [0.5, 0.6) is 0 Å². The van der Waals surface area contributed by atoms with Gasteiger partial charge in [0.25, 0.3) is 5.91 Å². The first-order valence-corrected chi connectivity index (χ1v) is 8.39. The Morgan fingerprint density at radius 3 is 2.52 bits per heavy atom. The molecule has 0 radical (unpaired) electrons. The number of carbonyl (C=O) groups is 1. The van der Waals surface area contributed by atoms with Gasteiger partial charge in [0.2, 0.25) is 5.95 Å². The molecule has 2 fully saturated rings. The molecule has 1 unspecified atom stereocenters. The molecule has 4 rings (SSSR count). The molecule has 2 saturated heterocycles. The summed E-state index contributed by atoms with van der Waals surface area (Å²) < 4.78 is 27.5. The lowest BCUT2D eigenvalue weighted by Gasteiger charge is -2.44. The summed E-state index contributed by atoms with van der Waals surface area (Å²) in [6.07, 6.45) is 3.35. The van der Waals surface area contributed by atoms with Crippen LogP contribution in [-0.4, -0.2) is 33.0 Å². The summed E-state index contributed by atoms with van der Waals surface area (Å²) in [5, 5.41) is 11.0. The van der Waals surface area contributed by atoms with Crippen LogP contribution in [0.3, 0.4) is 0 Å².